The fourth-order valence-corrected chi connectivity index (χ4v) is 2.14. The molecule has 0 unspecified atom stereocenters. The molecule has 0 aliphatic heterocycles. The Morgan fingerprint density at radius 3 is 2.35 bits per heavy atom. The number of benzene rings is 2. The van der Waals surface area contributed by atoms with E-state index in [4.69, 9.17) is 4.11 Å². The number of hydrogen-bond acceptors (Lipinski definition) is 2. The van der Waals surface area contributed by atoms with Gasteiger partial charge in [-0.25, -0.2) is 0 Å². The summed E-state index contributed by atoms with van der Waals surface area (Å²) < 4.78 is 23.4. The first-order valence-corrected chi connectivity index (χ1v) is 6.84. The van der Waals surface area contributed by atoms with Crippen LogP contribution in [0.2, 0.25) is 0 Å². The number of likely N-dealkylation sites (N-methyl/N-ethyl adjacent to an activating group) is 1. The highest BCUT2D eigenvalue weighted by Gasteiger charge is 2.20. The zero-order chi connectivity index (χ0) is 17.0. The van der Waals surface area contributed by atoms with Crippen LogP contribution in [0.15, 0.2) is 54.6 Å². The van der Waals surface area contributed by atoms with Gasteiger partial charge in [0.05, 0.1) is 6.10 Å². The first-order valence-electron chi connectivity index (χ1n) is 8.34. The molecule has 0 heterocycles. The molecule has 0 aromatic heterocycles. The highest BCUT2D eigenvalue weighted by atomic mass is 16.3. The molecule has 0 saturated carbocycles. The van der Waals surface area contributed by atoms with Crippen LogP contribution in [0, 0.1) is 6.92 Å². The van der Waals surface area contributed by atoms with Gasteiger partial charge in [-0.1, -0.05) is 60.2 Å². The maximum atomic E-state index is 10.6. The van der Waals surface area contributed by atoms with Gasteiger partial charge in [0, 0.05) is 16.7 Å². The Kier molecular flexibility index (Phi) is 3.70. The predicted molar refractivity (Wildman–Crippen MR) is 83.5 cm³/mol. The zero-order valence-electron chi connectivity index (χ0n) is 15.0. The summed E-state index contributed by atoms with van der Waals surface area (Å²) in [6, 6.07) is 16.4. The lowest BCUT2D eigenvalue weighted by molar-refractivity contribution is 0.0688. The molecule has 2 aromatic rings. The van der Waals surface area contributed by atoms with Gasteiger partial charge in [-0.15, -0.1) is 0 Å². The van der Waals surface area contributed by atoms with Crippen LogP contribution in [0.25, 0.3) is 0 Å². The lowest BCUT2D eigenvalue weighted by atomic mass is 10.0. The molecule has 1 N–H and O–H groups in total. The second-order valence-corrected chi connectivity index (χ2v) is 5.21. The molecule has 0 fully saturated rings. The first-order chi connectivity index (χ1) is 10.8. The molecule has 2 heteroatoms. The molecule has 2 atom stereocenters. The molecule has 0 radical (unpaired) electrons. The number of hydrogen-bond donors (Lipinski definition) is 1. The van der Waals surface area contributed by atoms with Gasteiger partial charge in [0.25, 0.3) is 0 Å². The van der Waals surface area contributed by atoms with Crippen molar-refractivity contribution in [3.05, 3.63) is 71.3 Å². The van der Waals surface area contributed by atoms with E-state index in [1.165, 1.54) is 4.90 Å². The predicted octanol–water partition coefficient (Wildman–Crippen LogP) is 3.55. The Hall–Kier alpha value is -1.64. The Bertz CT molecular complexity index is 610. The third kappa shape index (κ3) is 3.69. The summed E-state index contributed by atoms with van der Waals surface area (Å²) in [4.78, 5) is 1.37. The number of aliphatic hydroxyl groups excluding tert-OH is 1. The van der Waals surface area contributed by atoms with Crippen LogP contribution in [0.1, 0.15) is 33.8 Å². The van der Waals surface area contributed by atoms with E-state index in [1.54, 1.807) is 6.92 Å². The van der Waals surface area contributed by atoms with Crippen molar-refractivity contribution in [2.75, 3.05) is 6.98 Å². The second-order valence-electron chi connectivity index (χ2n) is 5.21. The van der Waals surface area contributed by atoms with Crippen LogP contribution in [0.5, 0.6) is 0 Å². The summed E-state index contributed by atoms with van der Waals surface area (Å²) in [6.07, 6.45) is -0.861. The second kappa shape index (κ2) is 6.69. The number of rotatable bonds is 5. The fourth-order valence-electron chi connectivity index (χ4n) is 2.14. The third-order valence-corrected chi connectivity index (χ3v) is 3.56. The van der Waals surface area contributed by atoms with E-state index in [0.717, 1.165) is 16.7 Å². The van der Waals surface area contributed by atoms with Crippen LogP contribution in [-0.4, -0.2) is 23.0 Å². The lowest BCUT2D eigenvalue weighted by Crippen LogP contribution is -2.33. The average molecular weight is 272 g/mol. The lowest BCUT2D eigenvalue weighted by Gasteiger charge is -2.29. The van der Waals surface area contributed by atoms with Crippen molar-refractivity contribution in [1.82, 2.24) is 4.90 Å². The molecule has 2 rings (SSSR count). The quantitative estimate of drug-likeness (QED) is 0.900. The van der Waals surface area contributed by atoms with Crippen molar-refractivity contribution in [3.63, 3.8) is 0 Å². The molecule has 20 heavy (non-hydrogen) atoms. The van der Waals surface area contributed by atoms with Crippen molar-refractivity contribution in [1.29, 1.82) is 0 Å². The van der Waals surface area contributed by atoms with Crippen LogP contribution in [-0.2, 0) is 6.54 Å². The van der Waals surface area contributed by atoms with E-state index in [2.05, 4.69) is 0 Å². The monoisotopic (exact) mass is 272 g/mol. The van der Waals surface area contributed by atoms with Crippen molar-refractivity contribution in [2.24, 2.45) is 0 Å². The SMILES string of the molecule is [2H]C([2H])([2H])N(Cc1ccccc1)[C@H](C)[C@H](O)c1ccc(C)cc1. The molecule has 106 valence electrons. The maximum Gasteiger partial charge on any atom is 0.0942 e. The zero-order valence-corrected chi connectivity index (χ0v) is 12.0. The molecule has 2 nitrogen and oxygen atoms in total. The molecule has 0 amide bonds. The van der Waals surface area contributed by atoms with E-state index in [9.17, 15) is 5.11 Å². The minimum atomic E-state index is -2.28. The topological polar surface area (TPSA) is 23.5 Å². The first kappa shape index (κ1) is 11.1. The van der Waals surface area contributed by atoms with Gasteiger partial charge in [0.1, 0.15) is 0 Å². The maximum absolute atomic E-state index is 10.6. The Labute approximate surface area is 125 Å². The molecule has 0 aliphatic rings. The standard InChI is InChI=1S/C18H23NO/c1-14-9-11-17(12-10-14)18(20)15(2)19(3)13-16-7-5-4-6-8-16/h4-12,15,18,20H,13H2,1-3H3/t15-,18+/m1/s1/i3D3. The molecular formula is C18H23NO. The van der Waals surface area contributed by atoms with Crippen LogP contribution < -0.4 is 0 Å². The van der Waals surface area contributed by atoms with E-state index in [-0.39, 0.29) is 6.54 Å². The largest absolute Gasteiger partial charge is 0.387 e. The minimum Gasteiger partial charge on any atom is -0.387 e. The molecular weight excluding hydrogens is 246 g/mol. The van der Waals surface area contributed by atoms with Crippen LogP contribution in [0.4, 0.5) is 0 Å². The van der Waals surface area contributed by atoms with Crippen molar-refractivity contribution in [2.45, 2.75) is 32.5 Å². The Morgan fingerprint density at radius 1 is 1.10 bits per heavy atom. The van der Waals surface area contributed by atoms with Crippen molar-refractivity contribution in [3.8, 4) is 0 Å². The van der Waals surface area contributed by atoms with Crippen LogP contribution in [0.3, 0.4) is 0 Å². The smallest absolute Gasteiger partial charge is 0.0942 e. The number of aryl methyl sites for hydroxylation is 1. The van der Waals surface area contributed by atoms with E-state index in [0.29, 0.717) is 0 Å². The normalized spacial score (nSPS) is 17.1. The van der Waals surface area contributed by atoms with Gasteiger partial charge in [-0.05, 0) is 32.0 Å². The summed E-state index contributed by atoms with van der Waals surface area (Å²) in [6.45, 7) is 1.71. The summed E-state index contributed by atoms with van der Waals surface area (Å²) in [7, 11) is 0. The molecule has 0 spiro atoms. The van der Waals surface area contributed by atoms with Gasteiger partial charge in [0.2, 0.25) is 0 Å². The van der Waals surface area contributed by atoms with E-state index in [1.807, 2.05) is 61.5 Å². The van der Waals surface area contributed by atoms with Gasteiger partial charge in [0.15, 0.2) is 0 Å². The van der Waals surface area contributed by atoms with Gasteiger partial charge >= 0.3 is 0 Å². The average Bonchev–Trinajstić information content (AvgIpc) is 2.52. The van der Waals surface area contributed by atoms with Gasteiger partial charge < -0.3 is 5.11 Å². The minimum absolute atomic E-state index is 0.265. The van der Waals surface area contributed by atoms with Crippen molar-refractivity contribution >= 4 is 0 Å². The highest BCUT2D eigenvalue weighted by Crippen LogP contribution is 2.21. The van der Waals surface area contributed by atoms with Crippen molar-refractivity contribution < 1.29 is 9.22 Å². The Morgan fingerprint density at radius 2 is 1.75 bits per heavy atom. The Balaban J connectivity index is 2.22. The van der Waals surface area contributed by atoms with Crippen LogP contribution >= 0.6 is 0 Å². The molecule has 2 aromatic carbocycles. The molecule has 0 saturated heterocycles. The van der Waals surface area contributed by atoms with Gasteiger partial charge in [-0.2, -0.15) is 0 Å². The fraction of sp³-hybridized carbons (Fsp3) is 0.333. The van der Waals surface area contributed by atoms with E-state index < -0.39 is 19.1 Å². The summed E-state index contributed by atoms with van der Waals surface area (Å²) >= 11 is 0. The molecule has 0 aliphatic carbocycles. The summed E-state index contributed by atoms with van der Waals surface area (Å²) in [5.41, 5.74) is 2.74. The third-order valence-electron chi connectivity index (χ3n) is 3.56. The van der Waals surface area contributed by atoms with E-state index >= 15 is 0 Å². The summed E-state index contributed by atoms with van der Waals surface area (Å²) in [5, 5.41) is 10.6. The number of nitrogens with zero attached hydrogens (tertiary/aromatic N) is 1. The highest BCUT2D eigenvalue weighted by molar-refractivity contribution is 5.24. The summed E-state index contributed by atoms with van der Waals surface area (Å²) in [5.74, 6) is 0. The number of aliphatic hydroxyl groups is 1. The van der Waals surface area contributed by atoms with Gasteiger partial charge in [-0.3, -0.25) is 4.90 Å². The molecule has 0 bridgehead atoms.